The fourth-order valence-electron chi connectivity index (χ4n) is 1.06. The van der Waals surface area contributed by atoms with E-state index in [1.54, 1.807) is 0 Å². The number of rotatable bonds is 4. The third-order valence-corrected chi connectivity index (χ3v) is 1.97. The lowest BCUT2D eigenvalue weighted by atomic mass is 9.87. The lowest BCUT2D eigenvalue weighted by molar-refractivity contribution is -0.157. The van der Waals surface area contributed by atoms with Gasteiger partial charge in [0.25, 0.3) is 0 Å². The predicted molar refractivity (Wildman–Crippen MR) is 51.8 cm³/mol. The normalized spacial score (nSPS) is 13.4. The van der Waals surface area contributed by atoms with Crippen LogP contribution in [-0.2, 0) is 14.3 Å². The molecule has 0 amide bonds. The minimum absolute atomic E-state index is 0.0295. The minimum atomic E-state index is -1.11. The monoisotopic (exact) mass is 202 g/mol. The van der Waals surface area contributed by atoms with Crippen LogP contribution in [0.25, 0.3) is 0 Å². The highest BCUT2D eigenvalue weighted by Gasteiger charge is 2.28. The van der Waals surface area contributed by atoms with Crippen LogP contribution in [0.1, 0.15) is 33.6 Å². The predicted octanol–water partition coefficient (Wildman–Crippen LogP) is 1.69. The molecule has 14 heavy (non-hydrogen) atoms. The zero-order valence-electron chi connectivity index (χ0n) is 9.16. The summed E-state index contributed by atoms with van der Waals surface area (Å²) in [7, 11) is 1.20. The van der Waals surface area contributed by atoms with Gasteiger partial charge in [0.05, 0.1) is 7.11 Å². The largest absolute Gasteiger partial charge is 0.481 e. The van der Waals surface area contributed by atoms with Crippen molar-refractivity contribution in [1.82, 2.24) is 0 Å². The zero-order chi connectivity index (χ0) is 11.4. The second-order valence-electron chi connectivity index (χ2n) is 4.51. The number of ether oxygens (including phenoxy) is 1. The maximum Gasteiger partial charge on any atom is 0.320 e. The topological polar surface area (TPSA) is 63.6 Å². The maximum atomic E-state index is 11.1. The molecule has 4 nitrogen and oxygen atoms in total. The molecule has 1 unspecified atom stereocenters. The lowest BCUT2D eigenvalue weighted by Crippen LogP contribution is -2.26. The average molecular weight is 202 g/mol. The Morgan fingerprint density at radius 1 is 1.36 bits per heavy atom. The third kappa shape index (κ3) is 4.84. The number of carboxylic acids is 1. The maximum absolute atomic E-state index is 11.1. The number of carboxylic acid groups (broad SMARTS) is 1. The fourth-order valence-corrected chi connectivity index (χ4v) is 1.06. The molecular weight excluding hydrogens is 184 g/mol. The molecule has 0 saturated carbocycles. The summed E-state index contributed by atoms with van der Waals surface area (Å²) >= 11 is 0. The zero-order valence-corrected chi connectivity index (χ0v) is 9.16. The number of carbonyl (C=O) groups is 2. The van der Waals surface area contributed by atoms with E-state index in [-0.39, 0.29) is 5.41 Å². The Bertz CT molecular complexity index is 215. The van der Waals surface area contributed by atoms with E-state index in [0.29, 0.717) is 12.8 Å². The Kier molecular flexibility index (Phi) is 4.60. The first-order valence-corrected chi connectivity index (χ1v) is 4.58. The molecule has 0 spiro atoms. The van der Waals surface area contributed by atoms with Crippen LogP contribution >= 0.6 is 0 Å². The number of carbonyl (C=O) groups excluding carboxylic acids is 1. The van der Waals surface area contributed by atoms with Crippen molar-refractivity contribution in [2.75, 3.05) is 7.11 Å². The molecule has 0 aliphatic heterocycles. The van der Waals surface area contributed by atoms with Crippen molar-refractivity contribution in [3.63, 3.8) is 0 Å². The second kappa shape index (κ2) is 4.98. The van der Waals surface area contributed by atoms with E-state index in [0.717, 1.165) is 0 Å². The molecule has 4 heteroatoms. The summed E-state index contributed by atoms with van der Waals surface area (Å²) in [6.07, 6.45) is 1.00. The lowest BCUT2D eigenvalue weighted by Gasteiger charge is -2.19. The van der Waals surface area contributed by atoms with Gasteiger partial charge in [-0.2, -0.15) is 0 Å². The van der Waals surface area contributed by atoms with Crippen LogP contribution in [0.5, 0.6) is 0 Å². The Labute approximate surface area is 84.3 Å². The van der Waals surface area contributed by atoms with Gasteiger partial charge in [-0.25, -0.2) is 0 Å². The standard InChI is InChI=1S/C10H18O4/c1-10(2,3)6-5-7(8(11)12)9(13)14-4/h7H,5-6H2,1-4H3,(H,11,12). The van der Waals surface area contributed by atoms with E-state index >= 15 is 0 Å². The van der Waals surface area contributed by atoms with Gasteiger partial charge in [-0.15, -0.1) is 0 Å². The van der Waals surface area contributed by atoms with Crippen LogP contribution < -0.4 is 0 Å². The van der Waals surface area contributed by atoms with E-state index in [9.17, 15) is 9.59 Å². The van der Waals surface area contributed by atoms with Gasteiger partial charge in [-0.3, -0.25) is 9.59 Å². The van der Waals surface area contributed by atoms with Gasteiger partial charge in [-0.05, 0) is 18.3 Å². The quantitative estimate of drug-likeness (QED) is 0.556. The summed E-state index contributed by atoms with van der Waals surface area (Å²) in [4.78, 5) is 21.8. The molecule has 0 aromatic heterocycles. The molecule has 0 bridgehead atoms. The Morgan fingerprint density at radius 3 is 2.14 bits per heavy atom. The molecule has 82 valence electrons. The molecular formula is C10H18O4. The first kappa shape index (κ1) is 12.9. The molecule has 0 fully saturated rings. The van der Waals surface area contributed by atoms with Crippen molar-refractivity contribution < 1.29 is 19.4 Å². The Hall–Kier alpha value is -1.06. The number of aliphatic carboxylic acids is 1. The molecule has 0 aromatic carbocycles. The number of hydrogen-bond acceptors (Lipinski definition) is 3. The van der Waals surface area contributed by atoms with Crippen molar-refractivity contribution in [3.05, 3.63) is 0 Å². The first-order valence-electron chi connectivity index (χ1n) is 4.58. The molecule has 0 heterocycles. The first-order chi connectivity index (χ1) is 6.28. The van der Waals surface area contributed by atoms with Crippen molar-refractivity contribution in [2.45, 2.75) is 33.6 Å². The summed E-state index contributed by atoms with van der Waals surface area (Å²) in [6, 6.07) is 0. The van der Waals surface area contributed by atoms with Crippen molar-refractivity contribution >= 4 is 11.9 Å². The van der Waals surface area contributed by atoms with E-state index in [1.165, 1.54) is 7.11 Å². The van der Waals surface area contributed by atoms with E-state index in [2.05, 4.69) is 4.74 Å². The Balaban J connectivity index is 4.26. The molecule has 0 radical (unpaired) electrons. The van der Waals surface area contributed by atoms with Gasteiger partial charge >= 0.3 is 11.9 Å². The third-order valence-electron chi connectivity index (χ3n) is 1.97. The van der Waals surface area contributed by atoms with Gasteiger partial charge < -0.3 is 9.84 Å². The molecule has 0 saturated heterocycles. The van der Waals surface area contributed by atoms with Gasteiger partial charge in [0.1, 0.15) is 0 Å². The molecule has 0 aliphatic rings. The van der Waals surface area contributed by atoms with Crippen LogP contribution in [0.4, 0.5) is 0 Å². The van der Waals surface area contributed by atoms with Gasteiger partial charge in [0, 0.05) is 0 Å². The van der Waals surface area contributed by atoms with Gasteiger partial charge in [0.2, 0.25) is 0 Å². The molecule has 1 atom stereocenters. The average Bonchev–Trinajstić information content (AvgIpc) is 2.01. The molecule has 0 rings (SSSR count). The van der Waals surface area contributed by atoms with Crippen molar-refractivity contribution in [2.24, 2.45) is 11.3 Å². The fraction of sp³-hybridized carbons (Fsp3) is 0.800. The SMILES string of the molecule is COC(=O)C(CCC(C)(C)C)C(=O)O. The minimum Gasteiger partial charge on any atom is -0.481 e. The smallest absolute Gasteiger partial charge is 0.320 e. The van der Waals surface area contributed by atoms with Crippen molar-refractivity contribution in [3.8, 4) is 0 Å². The Morgan fingerprint density at radius 2 is 1.86 bits per heavy atom. The highest BCUT2D eigenvalue weighted by atomic mass is 16.5. The van der Waals surface area contributed by atoms with E-state index in [4.69, 9.17) is 5.11 Å². The van der Waals surface area contributed by atoms with E-state index < -0.39 is 17.9 Å². The highest BCUT2D eigenvalue weighted by molar-refractivity contribution is 5.93. The van der Waals surface area contributed by atoms with Gasteiger partial charge in [0.15, 0.2) is 5.92 Å². The number of esters is 1. The van der Waals surface area contributed by atoms with Crippen LogP contribution in [0.2, 0.25) is 0 Å². The number of methoxy groups -OCH3 is 1. The molecule has 1 N–H and O–H groups in total. The molecule has 0 aliphatic carbocycles. The summed E-state index contributed by atoms with van der Waals surface area (Å²) in [5.74, 6) is -2.80. The number of hydrogen-bond donors (Lipinski definition) is 1. The van der Waals surface area contributed by atoms with Crippen LogP contribution in [0.15, 0.2) is 0 Å². The summed E-state index contributed by atoms with van der Waals surface area (Å²) in [5.41, 5.74) is 0.0295. The van der Waals surface area contributed by atoms with Crippen LogP contribution in [-0.4, -0.2) is 24.2 Å². The summed E-state index contributed by atoms with van der Waals surface area (Å²) in [5, 5.41) is 8.77. The summed E-state index contributed by atoms with van der Waals surface area (Å²) in [6.45, 7) is 6.01. The van der Waals surface area contributed by atoms with Gasteiger partial charge in [-0.1, -0.05) is 20.8 Å². The van der Waals surface area contributed by atoms with Crippen LogP contribution in [0.3, 0.4) is 0 Å². The van der Waals surface area contributed by atoms with Crippen LogP contribution in [0, 0.1) is 11.3 Å². The molecule has 0 aromatic rings. The van der Waals surface area contributed by atoms with Crippen molar-refractivity contribution in [1.29, 1.82) is 0 Å². The second-order valence-corrected chi connectivity index (χ2v) is 4.51. The van der Waals surface area contributed by atoms with E-state index in [1.807, 2.05) is 20.8 Å². The highest BCUT2D eigenvalue weighted by Crippen LogP contribution is 2.24. The summed E-state index contributed by atoms with van der Waals surface area (Å²) < 4.78 is 4.42.